The first kappa shape index (κ1) is 19.1. The molecule has 1 fully saturated rings. The second-order valence-electron chi connectivity index (χ2n) is 6.99. The average molecular weight is 403 g/mol. The van der Waals surface area contributed by atoms with Crippen molar-refractivity contribution in [1.82, 2.24) is 9.88 Å². The molecule has 1 atom stereocenters. The van der Waals surface area contributed by atoms with Crippen LogP contribution in [0.1, 0.15) is 12.5 Å². The fourth-order valence-corrected chi connectivity index (χ4v) is 4.15. The summed E-state index contributed by atoms with van der Waals surface area (Å²) >= 11 is -0.0789. The van der Waals surface area contributed by atoms with E-state index in [4.69, 9.17) is 0 Å². The number of thioether (sulfide) groups is 1. The van der Waals surface area contributed by atoms with Crippen LogP contribution in [-0.2, 0) is 6.54 Å². The topological polar surface area (TPSA) is 19.4 Å². The predicted molar refractivity (Wildman–Crippen MR) is 107 cm³/mol. The molecule has 0 spiro atoms. The first-order valence-electron chi connectivity index (χ1n) is 9.06. The minimum absolute atomic E-state index is 0.0789. The van der Waals surface area contributed by atoms with Gasteiger partial charge in [-0.3, -0.25) is 9.88 Å². The molecule has 0 amide bonds. The van der Waals surface area contributed by atoms with Gasteiger partial charge in [0.05, 0.1) is 12.2 Å². The molecular formula is C21H20F3N3S. The van der Waals surface area contributed by atoms with E-state index in [0.29, 0.717) is 6.04 Å². The van der Waals surface area contributed by atoms with Gasteiger partial charge in [0.25, 0.3) is 0 Å². The van der Waals surface area contributed by atoms with Crippen LogP contribution in [0.25, 0.3) is 10.9 Å². The van der Waals surface area contributed by atoms with Crippen molar-refractivity contribution in [2.75, 3.05) is 18.1 Å². The molecule has 2 heterocycles. The molecule has 0 N–H and O–H groups in total. The van der Waals surface area contributed by atoms with Crippen molar-refractivity contribution in [2.45, 2.75) is 29.9 Å². The highest BCUT2D eigenvalue weighted by Gasteiger charge is 2.30. The molecule has 0 saturated carbocycles. The number of anilines is 1. The number of rotatable bonds is 4. The molecule has 7 heteroatoms. The van der Waals surface area contributed by atoms with Crippen molar-refractivity contribution >= 4 is 28.4 Å². The SMILES string of the molecule is C[C@H]1CN(c2ccc(SC(F)(F)F)cc2)CN1Cc1ccnc2ccccc12. The van der Waals surface area contributed by atoms with Gasteiger partial charge >= 0.3 is 5.51 Å². The van der Waals surface area contributed by atoms with Crippen LogP contribution in [0.4, 0.5) is 18.9 Å². The van der Waals surface area contributed by atoms with Gasteiger partial charge in [-0.1, -0.05) is 18.2 Å². The maximum atomic E-state index is 12.5. The predicted octanol–water partition coefficient (Wildman–Crippen LogP) is 5.51. The minimum atomic E-state index is -4.26. The molecule has 4 rings (SSSR count). The number of benzene rings is 2. The number of aromatic nitrogens is 1. The second kappa shape index (κ2) is 7.64. The van der Waals surface area contributed by atoms with Gasteiger partial charge in [0.2, 0.25) is 0 Å². The third kappa shape index (κ3) is 4.25. The summed E-state index contributed by atoms with van der Waals surface area (Å²) < 4.78 is 37.5. The fraction of sp³-hybridized carbons (Fsp3) is 0.286. The van der Waals surface area contributed by atoms with E-state index in [1.54, 1.807) is 12.1 Å². The summed E-state index contributed by atoms with van der Waals surface area (Å²) in [6.45, 7) is 4.57. The van der Waals surface area contributed by atoms with Crippen molar-refractivity contribution in [3.8, 4) is 0 Å². The number of nitrogens with zero attached hydrogens (tertiary/aromatic N) is 3. The molecule has 0 aliphatic carbocycles. The summed E-state index contributed by atoms with van der Waals surface area (Å²) in [6, 6.07) is 17.1. The Labute approximate surface area is 166 Å². The van der Waals surface area contributed by atoms with Crippen molar-refractivity contribution in [3.63, 3.8) is 0 Å². The number of hydrogen-bond acceptors (Lipinski definition) is 4. The maximum absolute atomic E-state index is 12.5. The normalized spacial score (nSPS) is 18.1. The lowest BCUT2D eigenvalue weighted by Gasteiger charge is -2.22. The Morgan fingerprint density at radius 3 is 2.57 bits per heavy atom. The second-order valence-corrected chi connectivity index (χ2v) is 8.13. The molecule has 1 aliphatic rings. The molecule has 1 aromatic heterocycles. The lowest BCUT2D eigenvalue weighted by atomic mass is 10.1. The van der Waals surface area contributed by atoms with Gasteiger partial charge < -0.3 is 4.90 Å². The average Bonchev–Trinajstić information content (AvgIpc) is 3.02. The first-order chi connectivity index (χ1) is 13.4. The standard InChI is InChI=1S/C21H20F3N3S/c1-15-12-27(17-6-8-18(9-7-17)28-21(22,23)24)14-26(15)13-16-10-11-25-20-5-3-2-4-19(16)20/h2-11,15H,12-14H2,1H3/t15-/m0/s1. The summed E-state index contributed by atoms with van der Waals surface area (Å²) in [5.41, 5.74) is -1.09. The van der Waals surface area contributed by atoms with E-state index in [0.717, 1.165) is 36.3 Å². The number of fused-ring (bicyclic) bond motifs is 1. The van der Waals surface area contributed by atoms with Crippen molar-refractivity contribution in [2.24, 2.45) is 0 Å². The van der Waals surface area contributed by atoms with Crippen LogP contribution in [0.5, 0.6) is 0 Å². The molecule has 2 aromatic carbocycles. The Morgan fingerprint density at radius 2 is 1.82 bits per heavy atom. The van der Waals surface area contributed by atoms with Crippen LogP contribution in [0.2, 0.25) is 0 Å². The monoisotopic (exact) mass is 403 g/mol. The summed E-state index contributed by atoms with van der Waals surface area (Å²) in [7, 11) is 0. The van der Waals surface area contributed by atoms with Gasteiger partial charge in [-0.25, -0.2) is 0 Å². The highest BCUT2D eigenvalue weighted by molar-refractivity contribution is 8.00. The van der Waals surface area contributed by atoms with Gasteiger partial charge in [-0.2, -0.15) is 13.2 Å². The molecule has 0 unspecified atom stereocenters. The molecular weight excluding hydrogens is 383 g/mol. The summed E-state index contributed by atoms with van der Waals surface area (Å²) in [5, 5.41) is 1.16. The van der Waals surface area contributed by atoms with Crippen LogP contribution in [0.3, 0.4) is 0 Å². The van der Waals surface area contributed by atoms with Gasteiger partial charge in [-0.05, 0) is 60.6 Å². The van der Waals surface area contributed by atoms with E-state index in [2.05, 4.69) is 33.8 Å². The van der Waals surface area contributed by atoms with E-state index >= 15 is 0 Å². The number of para-hydroxylation sites is 1. The summed E-state index contributed by atoms with van der Waals surface area (Å²) in [4.78, 5) is 9.21. The fourth-order valence-electron chi connectivity index (χ4n) is 3.61. The van der Waals surface area contributed by atoms with E-state index in [1.165, 1.54) is 17.7 Å². The highest BCUT2D eigenvalue weighted by Crippen LogP contribution is 2.37. The minimum Gasteiger partial charge on any atom is -0.357 e. The maximum Gasteiger partial charge on any atom is 0.446 e. The third-order valence-corrected chi connectivity index (χ3v) is 5.75. The van der Waals surface area contributed by atoms with E-state index < -0.39 is 5.51 Å². The lowest BCUT2D eigenvalue weighted by molar-refractivity contribution is -0.0328. The number of alkyl halides is 3. The third-order valence-electron chi connectivity index (χ3n) is 5.01. The van der Waals surface area contributed by atoms with Crippen LogP contribution in [0, 0.1) is 0 Å². The van der Waals surface area contributed by atoms with Crippen LogP contribution in [0.15, 0.2) is 65.7 Å². The number of hydrogen-bond donors (Lipinski definition) is 0. The Morgan fingerprint density at radius 1 is 1.07 bits per heavy atom. The van der Waals surface area contributed by atoms with Crippen LogP contribution in [-0.4, -0.2) is 34.6 Å². The summed E-state index contributed by atoms with van der Waals surface area (Å²) in [5.74, 6) is 0. The number of halogens is 3. The van der Waals surface area contributed by atoms with Crippen molar-refractivity contribution in [3.05, 3.63) is 66.4 Å². The Hall–Kier alpha value is -2.25. The zero-order valence-corrected chi connectivity index (χ0v) is 16.2. The van der Waals surface area contributed by atoms with Gasteiger partial charge in [-0.15, -0.1) is 0 Å². The Balaban J connectivity index is 1.47. The van der Waals surface area contributed by atoms with E-state index in [1.807, 2.05) is 24.4 Å². The van der Waals surface area contributed by atoms with E-state index in [9.17, 15) is 13.2 Å². The van der Waals surface area contributed by atoms with E-state index in [-0.39, 0.29) is 16.7 Å². The first-order valence-corrected chi connectivity index (χ1v) is 9.88. The smallest absolute Gasteiger partial charge is 0.357 e. The highest BCUT2D eigenvalue weighted by atomic mass is 32.2. The molecule has 28 heavy (non-hydrogen) atoms. The van der Waals surface area contributed by atoms with Crippen molar-refractivity contribution < 1.29 is 13.2 Å². The quantitative estimate of drug-likeness (QED) is 0.535. The molecule has 1 saturated heterocycles. The molecule has 146 valence electrons. The van der Waals surface area contributed by atoms with Crippen LogP contribution < -0.4 is 4.90 Å². The number of pyridine rings is 1. The Bertz CT molecular complexity index is 954. The Kier molecular flexibility index (Phi) is 5.21. The molecule has 0 bridgehead atoms. The van der Waals surface area contributed by atoms with Crippen molar-refractivity contribution in [1.29, 1.82) is 0 Å². The van der Waals surface area contributed by atoms with Gasteiger partial charge in [0.15, 0.2) is 0 Å². The zero-order valence-electron chi connectivity index (χ0n) is 15.4. The van der Waals surface area contributed by atoms with Gasteiger partial charge in [0.1, 0.15) is 0 Å². The molecule has 1 aliphatic heterocycles. The van der Waals surface area contributed by atoms with Gasteiger partial charge in [0, 0.05) is 41.3 Å². The lowest BCUT2D eigenvalue weighted by Crippen LogP contribution is -2.28. The molecule has 3 nitrogen and oxygen atoms in total. The largest absolute Gasteiger partial charge is 0.446 e. The zero-order chi connectivity index (χ0) is 19.7. The summed E-state index contributed by atoms with van der Waals surface area (Å²) in [6.07, 6.45) is 1.84. The molecule has 0 radical (unpaired) electrons. The van der Waals surface area contributed by atoms with Crippen LogP contribution >= 0.6 is 11.8 Å². The molecule has 3 aromatic rings.